The van der Waals surface area contributed by atoms with Crippen molar-refractivity contribution in [2.24, 2.45) is 0 Å². The first-order valence-electron chi connectivity index (χ1n) is 7.15. The average molecular weight is 291 g/mol. The first-order valence-corrected chi connectivity index (χ1v) is 7.15. The van der Waals surface area contributed by atoms with Crippen LogP contribution in [0.25, 0.3) is 0 Å². The maximum Gasteiger partial charge on any atom is 0.410 e. The molecule has 1 aliphatic heterocycles. The molecular formula is C16H21NO4. The summed E-state index contributed by atoms with van der Waals surface area (Å²) in [6.45, 7) is 0.750. The van der Waals surface area contributed by atoms with Crippen LogP contribution in [-0.2, 0) is 11.3 Å². The van der Waals surface area contributed by atoms with Crippen LogP contribution in [0.15, 0.2) is 42.5 Å². The number of carbonyl (C=O) groups is 1. The molecule has 5 nitrogen and oxygen atoms in total. The van der Waals surface area contributed by atoms with Crippen molar-refractivity contribution < 1.29 is 19.7 Å². The predicted octanol–water partition coefficient (Wildman–Crippen LogP) is 1.70. The fraction of sp³-hybridized carbons (Fsp3) is 0.438. The van der Waals surface area contributed by atoms with Crippen molar-refractivity contribution in [1.29, 1.82) is 0 Å². The maximum atomic E-state index is 12.1. The minimum Gasteiger partial charge on any atom is -0.445 e. The number of aliphatic hydroxyl groups excluding tert-OH is 2. The number of hydrogen-bond donors (Lipinski definition) is 2. The van der Waals surface area contributed by atoms with Gasteiger partial charge in [0, 0.05) is 13.2 Å². The molecule has 21 heavy (non-hydrogen) atoms. The highest BCUT2D eigenvalue weighted by atomic mass is 16.6. The van der Waals surface area contributed by atoms with E-state index in [4.69, 9.17) is 9.84 Å². The molecule has 1 heterocycles. The zero-order valence-electron chi connectivity index (χ0n) is 11.9. The van der Waals surface area contributed by atoms with Gasteiger partial charge in [0.2, 0.25) is 0 Å². The van der Waals surface area contributed by atoms with E-state index in [-0.39, 0.29) is 19.3 Å². The molecule has 1 aromatic rings. The van der Waals surface area contributed by atoms with Gasteiger partial charge in [0.1, 0.15) is 6.61 Å². The molecule has 0 spiro atoms. The van der Waals surface area contributed by atoms with Crippen LogP contribution in [0.3, 0.4) is 0 Å². The number of benzene rings is 1. The molecule has 0 unspecified atom stereocenters. The molecule has 1 aromatic carbocycles. The van der Waals surface area contributed by atoms with Gasteiger partial charge in [0.05, 0.1) is 12.1 Å². The van der Waals surface area contributed by atoms with Crippen LogP contribution >= 0.6 is 0 Å². The summed E-state index contributed by atoms with van der Waals surface area (Å²) in [5, 5.41) is 18.7. The van der Waals surface area contributed by atoms with Crippen LogP contribution in [0, 0.1) is 0 Å². The second-order valence-electron chi connectivity index (χ2n) is 5.02. The molecule has 5 heteroatoms. The number of ether oxygens (including phenoxy) is 1. The van der Waals surface area contributed by atoms with Gasteiger partial charge in [0.25, 0.3) is 0 Å². The Morgan fingerprint density at radius 2 is 2.14 bits per heavy atom. The van der Waals surface area contributed by atoms with Crippen LogP contribution in [0.2, 0.25) is 0 Å². The zero-order chi connectivity index (χ0) is 15.1. The van der Waals surface area contributed by atoms with Gasteiger partial charge < -0.3 is 14.9 Å². The molecule has 0 bridgehead atoms. The summed E-state index contributed by atoms with van der Waals surface area (Å²) in [5.74, 6) is 0. The summed E-state index contributed by atoms with van der Waals surface area (Å²) in [4.78, 5) is 13.6. The van der Waals surface area contributed by atoms with Crippen molar-refractivity contribution >= 4 is 6.09 Å². The van der Waals surface area contributed by atoms with E-state index in [1.54, 1.807) is 12.2 Å². The molecule has 114 valence electrons. The molecule has 0 radical (unpaired) electrons. The Balaban J connectivity index is 1.91. The lowest BCUT2D eigenvalue weighted by Crippen LogP contribution is -2.38. The Bertz CT molecular complexity index is 474. The molecule has 1 amide bonds. The third-order valence-electron chi connectivity index (χ3n) is 3.49. The minimum atomic E-state index is -0.579. The van der Waals surface area contributed by atoms with Crippen molar-refractivity contribution in [1.82, 2.24) is 4.90 Å². The Labute approximate surface area is 124 Å². The van der Waals surface area contributed by atoms with E-state index in [1.165, 1.54) is 4.90 Å². The highest BCUT2D eigenvalue weighted by Crippen LogP contribution is 2.20. The van der Waals surface area contributed by atoms with Crippen LogP contribution in [0.5, 0.6) is 0 Å². The van der Waals surface area contributed by atoms with Crippen LogP contribution in [0.4, 0.5) is 4.79 Å². The lowest BCUT2D eigenvalue weighted by Gasteiger charge is -2.23. The summed E-state index contributed by atoms with van der Waals surface area (Å²) in [6, 6.07) is 9.10. The third kappa shape index (κ3) is 4.31. The zero-order valence-corrected chi connectivity index (χ0v) is 11.9. The Hall–Kier alpha value is -1.85. The fourth-order valence-electron chi connectivity index (χ4n) is 2.36. The quantitative estimate of drug-likeness (QED) is 0.810. The fourth-order valence-corrected chi connectivity index (χ4v) is 2.36. The smallest absolute Gasteiger partial charge is 0.410 e. The SMILES string of the molecule is O=C(OCc1ccccc1)N1CC[C@@H](O)[C@H]1/C=C/CCO. The highest BCUT2D eigenvalue weighted by molar-refractivity contribution is 5.69. The second-order valence-corrected chi connectivity index (χ2v) is 5.02. The van der Waals surface area contributed by atoms with Gasteiger partial charge in [-0.1, -0.05) is 42.5 Å². The Morgan fingerprint density at radius 1 is 1.38 bits per heavy atom. The maximum absolute atomic E-state index is 12.1. The largest absolute Gasteiger partial charge is 0.445 e. The molecule has 0 aliphatic carbocycles. The summed E-state index contributed by atoms with van der Waals surface area (Å²) < 4.78 is 5.29. The Kier molecular flexibility index (Phi) is 5.78. The number of amides is 1. The molecule has 0 aromatic heterocycles. The van der Waals surface area contributed by atoms with Crippen molar-refractivity contribution in [2.45, 2.75) is 31.6 Å². The number of rotatable bonds is 5. The number of carbonyl (C=O) groups excluding carboxylic acids is 1. The van der Waals surface area contributed by atoms with E-state index < -0.39 is 12.2 Å². The number of hydrogen-bond acceptors (Lipinski definition) is 4. The molecule has 2 N–H and O–H groups in total. The van der Waals surface area contributed by atoms with Crippen LogP contribution < -0.4 is 0 Å². The van der Waals surface area contributed by atoms with E-state index >= 15 is 0 Å². The van der Waals surface area contributed by atoms with Gasteiger partial charge in [-0.25, -0.2) is 4.79 Å². The van der Waals surface area contributed by atoms with Crippen LogP contribution in [-0.4, -0.2) is 46.5 Å². The third-order valence-corrected chi connectivity index (χ3v) is 3.49. The lowest BCUT2D eigenvalue weighted by atomic mass is 10.1. The number of nitrogens with zero attached hydrogens (tertiary/aromatic N) is 1. The summed E-state index contributed by atoms with van der Waals surface area (Å²) in [6.07, 6.45) is 3.58. The number of likely N-dealkylation sites (tertiary alicyclic amines) is 1. The summed E-state index contributed by atoms with van der Waals surface area (Å²) in [5.41, 5.74) is 0.929. The van der Waals surface area contributed by atoms with E-state index in [0.717, 1.165) is 5.56 Å². The van der Waals surface area contributed by atoms with Gasteiger partial charge in [-0.05, 0) is 18.4 Å². The normalized spacial score (nSPS) is 21.9. The minimum absolute atomic E-state index is 0.0533. The van der Waals surface area contributed by atoms with Gasteiger partial charge in [-0.2, -0.15) is 0 Å². The predicted molar refractivity (Wildman–Crippen MR) is 78.6 cm³/mol. The van der Waals surface area contributed by atoms with E-state index in [2.05, 4.69) is 0 Å². The second kappa shape index (κ2) is 7.81. The molecule has 2 atom stereocenters. The van der Waals surface area contributed by atoms with Gasteiger partial charge in [-0.15, -0.1) is 0 Å². The standard InChI is InChI=1S/C16H21NO4/c18-11-5-4-8-14-15(19)9-10-17(14)16(20)21-12-13-6-2-1-3-7-13/h1-4,6-8,14-15,18-19H,5,9-12H2/b8-4+/t14-,15-/m1/s1. The van der Waals surface area contributed by atoms with Crippen molar-refractivity contribution in [2.75, 3.05) is 13.2 Å². The summed E-state index contributed by atoms with van der Waals surface area (Å²) >= 11 is 0. The van der Waals surface area contributed by atoms with Crippen LogP contribution in [0.1, 0.15) is 18.4 Å². The molecule has 2 rings (SSSR count). The number of aliphatic hydroxyl groups is 2. The van der Waals surface area contributed by atoms with E-state index in [0.29, 0.717) is 19.4 Å². The first-order chi connectivity index (χ1) is 10.2. The first kappa shape index (κ1) is 15.5. The molecular weight excluding hydrogens is 270 g/mol. The average Bonchev–Trinajstić information content (AvgIpc) is 2.87. The van der Waals surface area contributed by atoms with Crippen molar-refractivity contribution in [3.8, 4) is 0 Å². The molecule has 1 aliphatic rings. The Morgan fingerprint density at radius 3 is 2.86 bits per heavy atom. The highest BCUT2D eigenvalue weighted by Gasteiger charge is 2.35. The van der Waals surface area contributed by atoms with E-state index in [1.807, 2.05) is 30.3 Å². The van der Waals surface area contributed by atoms with Crippen molar-refractivity contribution in [3.63, 3.8) is 0 Å². The lowest BCUT2D eigenvalue weighted by molar-refractivity contribution is 0.0833. The van der Waals surface area contributed by atoms with Crippen molar-refractivity contribution in [3.05, 3.63) is 48.0 Å². The topological polar surface area (TPSA) is 70.0 Å². The molecule has 0 saturated carbocycles. The van der Waals surface area contributed by atoms with Gasteiger partial charge in [0.15, 0.2) is 0 Å². The van der Waals surface area contributed by atoms with Gasteiger partial charge in [-0.3, -0.25) is 4.90 Å². The molecule has 1 saturated heterocycles. The molecule has 1 fully saturated rings. The monoisotopic (exact) mass is 291 g/mol. The van der Waals surface area contributed by atoms with Gasteiger partial charge >= 0.3 is 6.09 Å². The van der Waals surface area contributed by atoms with E-state index in [9.17, 15) is 9.90 Å². The summed E-state index contributed by atoms with van der Waals surface area (Å²) in [7, 11) is 0.